The Morgan fingerprint density at radius 3 is 0.933 bits per heavy atom. The highest BCUT2D eigenvalue weighted by molar-refractivity contribution is 6.14. The molecule has 6 heteroatoms. The standard InChI is InChI=1S/C39H33N3O3/c43-37-28-16-26-29-18-27-30-17-25(28)31-34(40(37)19-22-10-4-1-5-11-22)32(26)36(42(38(29)44)21-24-14-8-3-9-15-24)33(27)35(31)41(39(30)45)20-23-12-6-2-7-13-23/h1-15,25-30H,16-21H2/t25-,26-,27-,28+,29+,30+/m1/s1. The summed E-state index contributed by atoms with van der Waals surface area (Å²) in [4.78, 5) is 50.1. The number of hydrogen-bond donors (Lipinski definition) is 0. The molecule has 6 heterocycles. The molecule has 0 saturated carbocycles. The van der Waals surface area contributed by atoms with Crippen molar-refractivity contribution in [3.05, 3.63) is 124 Å². The molecular formula is C39H33N3O3. The zero-order valence-corrected chi connectivity index (χ0v) is 24.9. The van der Waals surface area contributed by atoms with Crippen molar-refractivity contribution in [1.82, 2.24) is 0 Å². The van der Waals surface area contributed by atoms with Gasteiger partial charge in [-0.3, -0.25) is 14.4 Å². The van der Waals surface area contributed by atoms with Crippen molar-refractivity contribution in [2.45, 2.75) is 56.7 Å². The lowest BCUT2D eigenvalue weighted by atomic mass is 9.75. The fourth-order valence-corrected chi connectivity index (χ4v) is 9.98. The minimum Gasteiger partial charge on any atom is -0.307 e. The fourth-order valence-electron chi connectivity index (χ4n) is 9.98. The van der Waals surface area contributed by atoms with E-state index >= 15 is 0 Å². The molecule has 3 amide bonds. The second kappa shape index (κ2) is 9.16. The molecule has 0 fully saturated rings. The first kappa shape index (κ1) is 25.6. The third kappa shape index (κ3) is 3.37. The second-order valence-corrected chi connectivity index (χ2v) is 13.9. The van der Waals surface area contributed by atoms with E-state index in [1.165, 1.54) is 16.7 Å². The summed E-state index contributed by atoms with van der Waals surface area (Å²) in [6.07, 6.45) is 2.05. The monoisotopic (exact) mass is 591 g/mol. The van der Waals surface area contributed by atoms with Crippen LogP contribution in [0.3, 0.4) is 0 Å². The van der Waals surface area contributed by atoms with Crippen molar-refractivity contribution in [2.75, 3.05) is 14.7 Å². The molecule has 6 atom stereocenters. The van der Waals surface area contributed by atoms with Gasteiger partial charge in [0.05, 0.1) is 36.7 Å². The van der Waals surface area contributed by atoms with Crippen molar-refractivity contribution in [1.29, 1.82) is 0 Å². The summed E-state index contributed by atoms with van der Waals surface area (Å²) in [5.41, 5.74) is 9.89. The maximum absolute atomic E-state index is 14.6. The largest absolute Gasteiger partial charge is 0.307 e. The Morgan fingerprint density at radius 2 is 0.667 bits per heavy atom. The molecule has 6 aliphatic heterocycles. The Balaban J connectivity index is 1.28. The van der Waals surface area contributed by atoms with Crippen molar-refractivity contribution in [3.63, 3.8) is 0 Å². The average Bonchev–Trinajstić information content (AvgIpc) is 3.44. The van der Waals surface area contributed by atoms with Gasteiger partial charge in [0, 0.05) is 52.2 Å². The molecule has 9 bridgehead atoms. The van der Waals surface area contributed by atoms with E-state index in [1.54, 1.807) is 0 Å². The minimum absolute atomic E-state index is 0.000298. The average molecular weight is 592 g/mol. The highest BCUT2D eigenvalue weighted by Crippen LogP contribution is 2.71. The molecule has 9 aliphatic rings. The van der Waals surface area contributed by atoms with E-state index in [-0.39, 0.29) is 53.2 Å². The summed E-state index contributed by atoms with van der Waals surface area (Å²) >= 11 is 0. The van der Waals surface area contributed by atoms with Crippen LogP contribution in [0.1, 0.15) is 70.4 Å². The van der Waals surface area contributed by atoms with Crippen molar-refractivity contribution in [2.24, 2.45) is 17.8 Å². The molecule has 13 rings (SSSR count). The van der Waals surface area contributed by atoms with E-state index < -0.39 is 0 Å². The van der Waals surface area contributed by atoms with Crippen molar-refractivity contribution < 1.29 is 14.4 Å². The molecule has 0 saturated heterocycles. The van der Waals surface area contributed by atoms with Crippen LogP contribution in [0.25, 0.3) is 0 Å². The number of carbonyl (C=O) groups is 3. The molecule has 0 aromatic heterocycles. The third-order valence-corrected chi connectivity index (χ3v) is 11.7. The highest BCUT2D eigenvalue weighted by atomic mass is 16.2. The van der Waals surface area contributed by atoms with E-state index in [4.69, 9.17) is 0 Å². The summed E-state index contributed by atoms with van der Waals surface area (Å²) in [5.74, 6) is -0.205. The SMILES string of the molecule is O=C1[C@H]2C[C@H]3c4c(c5c6c7c4N(Cc4ccccc4)C(=O)[C@H]3C[C@@H]7[C@H](C[C@@H]52)C(=O)N6Cc2ccccc2)N1Cc1ccccc1. The van der Waals surface area contributed by atoms with E-state index in [0.29, 0.717) is 38.9 Å². The quantitative estimate of drug-likeness (QED) is 0.253. The van der Waals surface area contributed by atoms with Crippen LogP contribution < -0.4 is 14.7 Å². The molecule has 0 unspecified atom stereocenters. The molecule has 0 N–H and O–H groups in total. The van der Waals surface area contributed by atoms with Crippen LogP contribution in [-0.4, -0.2) is 17.7 Å². The van der Waals surface area contributed by atoms with E-state index in [9.17, 15) is 14.4 Å². The van der Waals surface area contributed by atoms with Gasteiger partial charge in [-0.15, -0.1) is 0 Å². The van der Waals surface area contributed by atoms with Gasteiger partial charge in [0.25, 0.3) is 0 Å². The summed E-state index contributed by atoms with van der Waals surface area (Å²) in [6.45, 7) is 1.47. The topological polar surface area (TPSA) is 60.9 Å². The first-order valence-electron chi connectivity index (χ1n) is 16.4. The van der Waals surface area contributed by atoms with Gasteiger partial charge in [0.2, 0.25) is 17.7 Å². The smallest absolute Gasteiger partial charge is 0.231 e. The summed E-state index contributed by atoms with van der Waals surface area (Å²) in [6, 6.07) is 30.7. The van der Waals surface area contributed by atoms with Crippen LogP contribution in [0.5, 0.6) is 0 Å². The van der Waals surface area contributed by atoms with Gasteiger partial charge < -0.3 is 14.7 Å². The number of nitrogens with zero attached hydrogens (tertiary/aromatic N) is 3. The van der Waals surface area contributed by atoms with Crippen molar-refractivity contribution in [3.8, 4) is 0 Å². The lowest BCUT2D eigenvalue weighted by Gasteiger charge is -2.43. The van der Waals surface area contributed by atoms with Gasteiger partial charge in [-0.05, 0) is 36.0 Å². The minimum atomic E-state index is -0.231. The van der Waals surface area contributed by atoms with Crippen LogP contribution in [0.2, 0.25) is 0 Å². The molecule has 6 nitrogen and oxygen atoms in total. The third-order valence-electron chi connectivity index (χ3n) is 11.7. The Kier molecular flexibility index (Phi) is 5.21. The summed E-state index contributed by atoms with van der Waals surface area (Å²) in [7, 11) is 0. The molecule has 4 aromatic carbocycles. The Labute approximate surface area is 262 Å². The lowest BCUT2D eigenvalue weighted by molar-refractivity contribution is -0.126. The molecular weight excluding hydrogens is 558 g/mol. The van der Waals surface area contributed by atoms with Crippen LogP contribution in [0.4, 0.5) is 17.1 Å². The van der Waals surface area contributed by atoms with Gasteiger partial charge >= 0.3 is 0 Å². The van der Waals surface area contributed by atoms with E-state index in [0.717, 1.165) is 33.8 Å². The molecule has 222 valence electrons. The number of carbonyl (C=O) groups excluding carboxylic acids is 3. The van der Waals surface area contributed by atoms with Gasteiger partial charge in [-0.1, -0.05) is 91.0 Å². The fraction of sp³-hybridized carbons (Fsp3) is 0.308. The molecule has 4 aromatic rings. The number of benzene rings is 4. The molecule has 45 heavy (non-hydrogen) atoms. The maximum Gasteiger partial charge on any atom is 0.231 e. The first-order valence-corrected chi connectivity index (χ1v) is 16.4. The normalized spacial score (nSPS) is 28.0. The predicted molar refractivity (Wildman–Crippen MR) is 172 cm³/mol. The number of anilines is 3. The number of hydrogen-bond acceptors (Lipinski definition) is 3. The predicted octanol–water partition coefficient (Wildman–Crippen LogP) is 6.64. The Morgan fingerprint density at radius 1 is 0.400 bits per heavy atom. The number of rotatable bonds is 6. The zero-order chi connectivity index (χ0) is 30.0. The van der Waals surface area contributed by atoms with Gasteiger partial charge in [-0.25, -0.2) is 0 Å². The number of fused-ring (bicyclic) bond motifs is 3. The lowest BCUT2D eigenvalue weighted by Crippen LogP contribution is -2.43. The van der Waals surface area contributed by atoms with Crippen LogP contribution >= 0.6 is 0 Å². The van der Waals surface area contributed by atoms with Crippen LogP contribution in [0, 0.1) is 17.8 Å². The zero-order valence-electron chi connectivity index (χ0n) is 24.9. The van der Waals surface area contributed by atoms with Gasteiger partial charge in [0.15, 0.2) is 0 Å². The highest BCUT2D eigenvalue weighted by Gasteiger charge is 2.63. The molecule has 0 radical (unpaired) electrons. The summed E-state index contributed by atoms with van der Waals surface area (Å²) < 4.78 is 0. The molecule has 0 spiro atoms. The Bertz CT molecular complexity index is 1680. The summed E-state index contributed by atoms with van der Waals surface area (Å²) in [5, 5.41) is 0. The van der Waals surface area contributed by atoms with Gasteiger partial charge in [-0.2, -0.15) is 0 Å². The van der Waals surface area contributed by atoms with Crippen LogP contribution in [0.15, 0.2) is 91.0 Å². The van der Waals surface area contributed by atoms with E-state index in [1.807, 2.05) is 69.3 Å². The maximum atomic E-state index is 14.6. The Hall–Kier alpha value is -4.71. The number of amides is 3. The molecule has 3 aliphatic carbocycles. The first-order chi connectivity index (χ1) is 22.1. The van der Waals surface area contributed by atoms with Crippen molar-refractivity contribution >= 4 is 34.8 Å². The second-order valence-electron chi connectivity index (χ2n) is 13.9. The van der Waals surface area contributed by atoms with Gasteiger partial charge in [0.1, 0.15) is 0 Å². The van der Waals surface area contributed by atoms with E-state index in [2.05, 4.69) is 36.4 Å². The van der Waals surface area contributed by atoms with Crippen LogP contribution in [-0.2, 0) is 34.0 Å².